The van der Waals surface area contributed by atoms with E-state index >= 15 is 0 Å². The van der Waals surface area contributed by atoms with Crippen LogP contribution in [0.15, 0.2) is 49.6 Å². The van der Waals surface area contributed by atoms with Gasteiger partial charge in [-0.25, -0.2) is 18.7 Å². The molecule has 0 radical (unpaired) electrons. The lowest BCUT2D eigenvalue weighted by atomic mass is 10.0. The third kappa shape index (κ3) is 77.3. The molecule has 0 aromatic carbocycles. The third-order valence-corrected chi connectivity index (χ3v) is 24.7. The summed E-state index contributed by atoms with van der Waals surface area (Å²) in [6.45, 7) is 80.6. The topological polar surface area (TPSA) is 246 Å². The van der Waals surface area contributed by atoms with E-state index in [9.17, 15) is 0 Å². The number of rotatable bonds is 67. The van der Waals surface area contributed by atoms with Crippen molar-refractivity contribution in [3.05, 3.63) is 95.1 Å². The molecular formula is C115H222N24. The first-order valence-corrected chi connectivity index (χ1v) is 57.2. The third-order valence-electron chi connectivity index (χ3n) is 24.7. The van der Waals surface area contributed by atoms with E-state index in [0.29, 0.717) is 11.8 Å². The first-order valence-electron chi connectivity index (χ1n) is 57.2. The maximum Gasteiger partial charge on any atom is 0.0829 e. The molecule has 8 aromatic heterocycles. The van der Waals surface area contributed by atoms with Gasteiger partial charge in [-0.15, -0.1) is 40.8 Å². The van der Waals surface area contributed by atoms with E-state index in [1.807, 2.05) is 43.5 Å². The van der Waals surface area contributed by atoms with Crippen molar-refractivity contribution >= 4 is 0 Å². The Labute approximate surface area is 854 Å². The monoisotopic (exact) mass is 1940 g/mol. The molecule has 8 aromatic rings. The van der Waals surface area contributed by atoms with E-state index in [4.69, 9.17) is 0 Å². The molecule has 0 saturated carbocycles. The SMILES string of the molecule is CC(C)CCCCCn1cc(CC(C)C)nn1.CC(C)CCCCc1cn(CCC(C)C)nn1.CC(C)CCCCc1cnnn1CC(C)C.CC(C)CCCCc1cnnn1CCC(C)C.CC(C)CCCCc1cnnn1CCCCC(C)C.CC(C)CCCCc1cnnn1CCCCC(C)C.CC(C)CCCCn1cc(CCC(C)C)nn1.CC(C)CCCc1cn(CCCC(C)C)nn1. The first-order chi connectivity index (χ1) is 66.2. The quantitative estimate of drug-likeness (QED) is 0.0322. The lowest BCUT2D eigenvalue weighted by Gasteiger charge is -2.08. The van der Waals surface area contributed by atoms with Crippen LogP contribution in [0.1, 0.15) is 492 Å². The second-order valence-corrected chi connectivity index (χ2v) is 47.4. The van der Waals surface area contributed by atoms with Crippen molar-refractivity contribution in [3.8, 4) is 0 Å². The minimum atomic E-state index is 0.635. The Morgan fingerprint density at radius 2 is 0.410 bits per heavy atom. The molecule has 0 bridgehead atoms. The zero-order valence-corrected chi connectivity index (χ0v) is 96.7. The fourth-order valence-corrected chi connectivity index (χ4v) is 15.9. The Kier molecular flexibility index (Phi) is 77.2. The summed E-state index contributed by atoms with van der Waals surface area (Å²) < 4.78 is 16.3. The van der Waals surface area contributed by atoms with Gasteiger partial charge in [0, 0.05) is 77.1 Å². The summed E-state index contributed by atoms with van der Waals surface area (Å²) in [5, 5.41) is 66.4. The van der Waals surface area contributed by atoms with Gasteiger partial charge in [0.2, 0.25) is 0 Å². The van der Waals surface area contributed by atoms with Crippen molar-refractivity contribution in [2.45, 2.75) is 550 Å². The fraction of sp³-hybridized carbons (Fsp3) is 0.861. The smallest absolute Gasteiger partial charge is 0.0829 e. The van der Waals surface area contributed by atoms with Crippen molar-refractivity contribution in [2.75, 3.05) is 0 Å². The van der Waals surface area contributed by atoms with Gasteiger partial charge in [-0.1, -0.05) is 392 Å². The van der Waals surface area contributed by atoms with Crippen molar-refractivity contribution < 1.29 is 0 Å². The summed E-state index contributed by atoms with van der Waals surface area (Å²) >= 11 is 0. The Bertz CT molecular complexity index is 3750. The Balaban J connectivity index is 0.000000795. The summed E-state index contributed by atoms with van der Waals surface area (Å²) in [6.07, 6.45) is 69.6. The molecule has 0 fully saturated rings. The van der Waals surface area contributed by atoms with Gasteiger partial charge in [0.05, 0.1) is 70.3 Å². The Hall–Kier alpha value is -6.88. The highest BCUT2D eigenvalue weighted by Gasteiger charge is 2.14. The van der Waals surface area contributed by atoms with E-state index in [0.717, 1.165) is 209 Å². The zero-order valence-electron chi connectivity index (χ0n) is 96.7. The predicted molar refractivity (Wildman–Crippen MR) is 589 cm³/mol. The van der Waals surface area contributed by atoms with Crippen LogP contribution in [0.25, 0.3) is 0 Å². The van der Waals surface area contributed by atoms with Crippen molar-refractivity contribution in [1.29, 1.82) is 0 Å². The van der Waals surface area contributed by atoms with E-state index in [1.165, 1.54) is 248 Å². The van der Waals surface area contributed by atoms with Gasteiger partial charge >= 0.3 is 0 Å². The number of hydrogen-bond donors (Lipinski definition) is 0. The maximum absolute atomic E-state index is 4.22. The molecule has 0 unspecified atom stereocenters. The Morgan fingerprint density at radius 3 is 0.748 bits per heavy atom. The standard InChI is InChI=1S/2C16H31N3.5C14H27N3.C13H25N3/c2*1-14(2)9-5-6-11-16-13-17-18-19(16)12-8-7-10-15(3)4;1-12(2)7-5-9-14-11-17(16-15-14)10-6-8-13(3)4;1-12(2)7-5-6-10-17-11-14(15-16-17)9-8-13(3)4;1-12(2)7-5-6-8-14-11-17(16-15-14)10-9-13(3)4;1-12(2)7-5-6-8-14-11-15-16-17(14)10-9-13(3)4;1-12(2)8-6-5-7-9-17-11-14(15-16-17)10-13(3)4;1-11(2)7-5-6-8-13-9-14-15-16(13)10-12(3)4/h2*13-15H,5-12H2,1-4H3;5*11-13H,5-10H2,1-4H3;9,11-12H,5-8,10H2,1-4H3. The molecule has 8 heterocycles. The van der Waals surface area contributed by atoms with Crippen LogP contribution >= 0.6 is 0 Å². The average molecular weight is 1940 g/mol. The maximum atomic E-state index is 4.22. The summed E-state index contributed by atoms with van der Waals surface area (Å²) in [6, 6.07) is 0. The molecule has 0 spiro atoms. The van der Waals surface area contributed by atoms with Crippen LogP contribution in [0.5, 0.6) is 0 Å². The van der Waals surface area contributed by atoms with Gasteiger partial charge < -0.3 is 0 Å². The second-order valence-electron chi connectivity index (χ2n) is 47.4. The molecule has 0 saturated heterocycles. The van der Waals surface area contributed by atoms with Gasteiger partial charge in [-0.3, -0.25) is 18.7 Å². The van der Waals surface area contributed by atoms with Gasteiger partial charge in [0.25, 0.3) is 0 Å². The Morgan fingerprint density at radius 1 is 0.173 bits per heavy atom. The normalized spacial score (nSPS) is 11.7. The molecule has 24 nitrogen and oxygen atoms in total. The molecule has 0 amide bonds. The lowest BCUT2D eigenvalue weighted by molar-refractivity contribution is 0.452. The van der Waals surface area contributed by atoms with E-state index in [-0.39, 0.29) is 0 Å². The second kappa shape index (κ2) is 82.4. The van der Waals surface area contributed by atoms with Crippen LogP contribution in [0.4, 0.5) is 0 Å². The molecule has 0 N–H and O–H groups in total. The first kappa shape index (κ1) is 130. The van der Waals surface area contributed by atoms with Crippen LogP contribution in [0, 0.1) is 94.7 Å². The van der Waals surface area contributed by atoms with E-state index < -0.39 is 0 Å². The fourth-order valence-electron chi connectivity index (χ4n) is 15.9. The van der Waals surface area contributed by atoms with Crippen LogP contribution in [0.2, 0.25) is 0 Å². The highest BCUT2D eigenvalue weighted by Crippen LogP contribution is 2.21. The summed E-state index contributed by atoms with van der Waals surface area (Å²) in [5.41, 5.74) is 9.78. The lowest BCUT2D eigenvalue weighted by Crippen LogP contribution is -2.10. The predicted octanol–water partition coefficient (Wildman–Crippen LogP) is 30.7. The van der Waals surface area contributed by atoms with Crippen LogP contribution in [-0.2, 0) is 104 Å². The number of aromatic nitrogens is 24. The summed E-state index contributed by atoms with van der Waals surface area (Å²) in [7, 11) is 0. The molecule has 0 aliphatic rings. The van der Waals surface area contributed by atoms with Gasteiger partial charge in [0.15, 0.2) is 0 Å². The molecule has 24 heteroatoms. The molecular weight excluding hydrogens is 1720 g/mol. The number of unbranched alkanes of at least 4 members (excludes halogenated alkanes) is 10. The molecule has 0 aliphatic carbocycles. The van der Waals surface area contributed by atoms with Gasteiger partial charge in [0.1, 0.15) is 0 Å². The molecule has 8 rings (SSSR count). The average Bonchev–Trinajstić information content (AvgIpc) is 1.78. The van der Waals surface area contributed by atoms with E-state index in [2.05, 4.69) is 348 Å². The number of aryl methyl sites for hydroxylation is 14. The molecule has 0 atom stereocenters. The number of hydrogen-bond acceptors (Lipinski definition) is 16. The highest BCUT2D eigenvalue weighted by atomic mass is 15.5. The molecule has 802 valence electrons. The zero-order chi connectivity index (χ0) is 104. The van der Waals surface area contributed by atoms with Crippen molar-refractivity contribution in [2.24, 2.45) is 94.7 Å². The summed E-state index contributed by atoms with van der Waals surface area (Å²) in [5.74, 6) is 12.4. The van der Waals surface area contributed by atoms with Crippen molar-refractivity contribution in [3.63, 3.8) is 0 Å². The van der Waals surface area contributed by atoms with Crippen LogP contribution in [-0.4, -0.2) is 120 Å². The van der Waals surface area contributed by atoms with Gasteiger partial charge in [-0.05, 0) is 242 Å². The highest BCUT2D eigenvalue weighted by molar-refractivity contribution is 4.99. The largest absolute Gasteiger partial charge is 0.252 e. The molecule has 139 heavy (non-hydrogen) atoms. The van der Waals surface area contributed by atoms with Crippen LogP contribution < -0.4 is 0 Å². The minimum Gasteiger partial charge on any atom is -0.252 e. The van der Waals surface area contributed by atoms with E-state index in [1.54, 1.807) is 0 Å². The number of nitrogens with zero attached hydrogens (tertiary/aromatic N) is 24. The van der Waals surface area contributed by atoms with Crippen LogP contribution in [0.3, 0.4) is 0 Å². The van der Waals surface area contributed by atoms with Gasteiger partial charge in [-0.2, -0.15) is 0 Å². The minimum absolute atomic E-state index is 0.635. The molecule has 0 aliphatic heterocycles. The van der Waals surface area contributed by atoms with Crippen molar-refractivity contribution in [1.82, 2.24) is 120 Å². The summed E-state index contributed by atoms with van der Waals surface area (Å²) in [4.78, 5) is 0.